The summed E-state index contributed by atoms with van der Waals surface area (Å²) in [4.78, 5) is 0. The van der Waals surface area contributed by atoms with Crippen LogP contribution < -0.4 is 14.2 Å². The minimum atomic E-state index is -1.02. The molecule has 6 atom stereocenters. The number of ether oxygens (including phenoxy) is 7. The van der Waals surface area contributed by atoms with Crippen LogP contribution >= 0.6 is 0 Å². The number of rotatable bonds is 12. The van der Waals surface area contributed by atoms with E-state index in [1.807, 2.05) is 49.4 Å². The zero-order valence-electron chi connectivity index (χ0n) is 24.6. The molecule has 2 aromatic carbocycles. The lowest BCUT2D eigenvalue weighted by Gasteiger charge is -2.50. The molecule has 4 rings (SSSR count). The van der Waals surface area contributed by atoms with Crippen LogP contribution in [-0.4, -0.2) is 63.2 Å². The highest BCUT2D eigenvalue weighted by Gasteiger charge is 2.65. The number of hydrogen-bond acceptors (Lipinski definition) is 8. The van der Waals surface area contributed by atoms with E-state index >= 15 is 0 Å². The van der Waals surface area contributed by atoms with Crippen LogP contribution in [0.4, 0.5) is 0 Å². The van der Waals surface area contributed by atoms with Gasteiger partial charge in [0.1, 0.15) is 11.9 Å². The van der Waals surface area contributed by atoms with Crippen LogP contribution in [0.2, 0.25) is 0 Å². The average molecular weight is 557 g/mol. The number of aliphatic hydroxyl groups is 1. The molecular formula is C32H44O8. The molecule has 0 saturated carbocycles. The summed E-state index contributed by atoms with van der Waals surface area (Å²) in [5, 5.41) is 11.1. The first-order chi connectivity index (χ1) is 19.2. The fourth-order valence-corrected chi connectivity index (χ4v) is 5.73. The first-order valence-corrected chi connectivity index (χ1v) is 13.9. The van der Waals surface area contributed by atoms with Crippen molar-refractivity contribution in [1.29, 1.82) is 0 Å². The fraction of sp³-hybridized carbons (Fsp3) is 0.562. The Hall–Kier alpha value is -2.62. The molecule has 0 radical (unpaired) electrons. The third-order valence-electron chi connectivity index (χ3n) is 8.42. The minimum absolute atomic E-state index is 0.0730. The van der Waals surface area contributed by atoms with Crippen molar-refractivity contribution >= 4 is 0 Å². The van der Waals surface area contributed by atoms with E-state index in [-0.39, 0.29) is 24.2 Å². The molecule has 1 N–H and O–H groups in total. The molecule has 2 fully saturated rings. The van der Waals surface area contributed by atoms with Gasteiger partial charge in [-0.2, -0.15) is 0 Å². The molecule has 8 nitrogen and oxygen atoms in total. The molecule has 0 amide bonds. The lowest BCUT2D eigenvalue weighted by Crippen LogP contribution is -2.58. The van der Waals surface area contributed by atoms with Crippen LogP contribution in [-0.2, 0) is 32.2 Å². The zero-order chi connectivity index (χ0) is 28.9. The molecule has 0 bridgehead atoms. The number of hydrogen-bond donors (Lipinski definition) is 1. The molecule has 8 heteroatoms. The Morgan fingerprint density at radius 2 is 1.65 bits per heavy atom. The predicted molar refractivity (Wildman–Crippen MR) is 152 cm³/mol. The van der Waals surface area contributed by atoms with E-state index in [1.54, 1.807) is 27.4 Å². The topological polar surface area (TPSA) is 84.8 Å². The highest BCUT2D eigenvalue weighted by atomic mass is 16.7. The van der Waals surface area contributed by atoms with Crippen LogP contribution in [0.3, 0.4) is 0 Å². The highest BCUT2D eigenvalue weighted by molar-refractivity contribution is 5.42. The molecule has 40 heavy (non-hydrogen) atoms. The van der Waals surface area contributed by atoms with Crippen LogP contribution in [0.25, 0.3) is 0 Å². The van der Waals surface area contributed by atoms with Gasteiger partial charge in [0.15, 0.2) is 17.3 Å². The second-order valence-electron chi connectivity index (χ2n) is 11.2. The number of benzene rings is 2. The Balaban J connectivity index is 1.40. The van der Waals surface area contributed by atoms with Crippen molar-refractivity contribution in [2.75, 3.05) is 27.9 Å². The van der Waals surface area contributed by atoms with Gasteiger partial charge in [-0.15, -0.1) is 6.58 Å². The smallest absolute Gasteiger partial charge is 0.179 e. The maximum absolute atomic E-state index is 11.1. The second-order valence-corrected chi connectivity index (χ2v) is 11.2. The quantitative estimate of drug-likeness (QED) is 0.279. The highest BCUT2D eigenvalue weighted by Crippen LogP contribution is 2.55. The number of methoxy groups -OCH3 is 3. The predicted octanol–water partition coefficient (Wildman–Crippen LogP) is 5.30. The monoisotopic (exact) mass is 556 g/mol. The molecule has 0 aliphatic carbocycles. The summed E-state index contributed by atoms with van der Waals surface area (Å²) in [6.45, 7) is 11.5. The van der Waals surface area contributed by atoms with Crippen molar-refractivity contribution in [1.82, 2.24) is 0 Å². The number of aliphatic hydroxyl groups excluding tert-OH is 1. The normalized spacial score (nSPS) is 29.3. The SMILES string of the molecule is C=C[C@@H]1O[C@]2(C[C@H](O)[C@@H](C)[C@@H](CCOCc3ccc(OC)c(OC)c3)O2)C(C)(C)[C@@H]1OCc1ccc(OC)cc1. The van der Waals surface area contributed by atoms with Crippen molar-refractivity contribution < 1.29 is 38.3 Å². The molecule has 2 saturated heterocycles. The summed E-state index contributed by atoms with van der Waals surface area (Å²) < 4.78 is 41.7. The van der Waals surface area contributed by atoms with Gasteiger partial charge < -0.3 is 38.3 Å². The standard InChI is InChI=1S/C32H44O8/c1-8-26-30(38-20-22-9-12-24(34-5)13-10-22)31(3,4)32(39-26)18-25(33)21(2)27(40-32)15-16-37-19-23-11-14-28(35-6)29(17-23)36-7/h8-14,17,21,25-27,30,33H,1,15-16,18-20H2,2-7H3/t21-,25+,26+,27-,30-,32+/m1/s1. The summed E-state index contributed by atoms with van der Waals surface area (Å²) in [6, 6.07) is 13.5. The van der Waals surface area contributed by atoms with E-state index in [9.17, 15) is 5.11 Å². The fourth-order valence-electron chi connectivity index (χ4n) is 5.73. The van der Waals surface area contributed by atoms with Gasteiger partial charge in [-0.3, -0.25) is 0 Å². The van der Waals surface area contributed by atoms with Gasteiger partial charge in [0, 0.05) is 24.4 Å². The Kier molecular flexibility index (Phi) is 9.80. The van der Waals surface area contributed by atoms with Crippen molar-refractivity contribution in [2.24, 2.45) is 11.3 Å². The second kappa shape index (κ2) is 12.9. The van der Waals surface area contributed by atoms with Gasteiger partial charge in [-0.25, -0.2) is 0 Å². The van der Waals surface area contributed by atoms with Gasteiger partial charge >= 0.3 is 0 Å². The van der Waals surface area contributed by atoms with Crippen molar-refractivity contribution in [3.63, 3.8) is 0 Å². The van der Waals surface area contributed by atoms with E-state index in [4.69, 9.17) is 33.2 Å². The van der Waals surface area contributed by atoms with Gasteiger partial charge in [0.05, 0.1) is 52.9 Å². The Labute approximate surface area is 238 Å². The summed E-state index contributed by atoms with van der Waals surface area (Å²) in [5.74, 6) is 1.05. The van der Waals surface area contributed by atoms with Crippen molar-refractivity contribution in [3.8, 4) is 17.2 Å². The molecule has 2 heterocycles. The van der Waals surface area contributed by atoms with Gasteiger partial charge in [-0.05, 0) is 41.8 Å². The van der Waals surface area contributed by atoms with Crippen LogP contribution in [0.1, 0.15) is 44.7 Å². The molecule has 0 aromatic heterocycles. The lowest BCUT2D eigenvalue weighted by molar-refractivity contribution is -0.330. The first-order valence-electron chi connectivity index (χ1n) is 13.9. The Bertz CT molecular complexity index is 1120. The summed E-state index contributed by atoms with van der Waals surface area (Å²) >= 11 is 0. The summed E-state index contributed by atoms with van der Waals surface area (Å²) in [5.41, 5.74) is 1.46. The molecule has 2 aromatic rings. The molecule has 220 valence electrons. The lowest BCUT2D eigenvalue weighted by atomic mass is 9.73. The summed E-state index contributed by atoms with van der Waals surface area (Å²) in [7, 11) is 4.88. The summed E-state index contributed by atoms with van der Waals surface area (Å²) in [6.07, 6.45) is 1.21. The van der Waals surface area contributed by atoms with Crippen molar-refractivity contribution in [2.45, 2.75) is 77.0 Å². The average Bonchev–Trinajstić information content (AvgIpc) is 3.16. The molecular weight excluding hydrogens is 512 g/mol. The van der Waals surface area contributed by atoms with Crippen LogP contribution in [0.15, 0.2) is 55.1 Å². The van der Waals surface area contributed by atoms with E-state index in [0.717, 1.165) is 16.9 Å². The molecule has 2 aliphatic heterocycles. The Morgan fingerprint density at radius 1 is 0.950 bits per heavy atom. The zero-order valence-corrected chi connectivity index (χ0v) is 24.6. The minimum Gasteiger partial charge on any atom is -0.497 e. The Morgan fingerprint density at radius 3 is 2.30 bits per heavy atom. The first kappa shape index (κ1) is 30.3. The van der Waals surface area contributed by atoms with Crippen LogP contribution in [0.5, 0.6) is 17.2 Å². The third kappa shape index (κ3) is 6.16. The largest absolute Gasteiger partial charge is 0.497 e. The van der Waals surface area contributed by atoms with E-state index < -0.39 is 17.3 Å². The molecule has 1 spiro atoms. The van der Waals surface area contributed by atoms with E-state index in [2.05, 4.69) is 20.4 Å². The molecule has 0 unspecified atom stereocenters. The van der Waals surface area contributed by atoms with Gasteiger partial charge in [-0.1, -0.05) is 45.0 Å². The van der Waals surface area contributed by atoms with E-state index in [0.29, 0.717) is 44.2 Å². The van der Waals surface area contributed by atoms with Crippen LogP contribution in [0, 0.1) is 11.3 Å². The van der Waals surface area contributed by atoms with Gasteiger partial charge in [0.2, 0.25) is 0 Å². The maximum atomic E-state index is 11.1. The third-order valence-corrected chi connectivity index (χ3v) is 8.42. The van der Waals surface area contributed by atoms with E-state index in [1.165, 1.54) is 0 Å². The maximum Gasteiger partial charge on any atom is 0.179 e. The molecule has 2 aliphatic rings. The van der Waals surface area contributed by atoms with Gasteiger partial charge in [0.25, 0.3) is 0 Å². The van der Waals surface area contributed by atoms with Crippen molar-refractivity contribution in [3.05, 3.63) is 66.2 Å².